The Bertz CT molecular complexity index is 1850. The summed E-state index contributed by atoms with van der Waals surface area (Å²) in [5.74, 6) is 1.83. The molecule has 6 aromatic rings. The molecule has 51 heavy (non-hydrogen) atoms. The number of ether oxygens (including phenoxy) is 2. The number of fused-ring (bicyclic) bond motifs is 6. The van der Waals surface area contributed by atoms with Gasteiger partial charge in [0.25, 0.3) is 0 Å². The SMILES string of the molecule is COc1ccc(CCN2CCCc3ncc4ccccc4c32)cc1.COc1ccc(CCN2CCCc3ncc4ccccc4c32)cc1.Cl.Cl.O. The van der Waals surface area contributed by atoms with E-state index in [1.807, 2.05) is 36.7 Å². The summed E-state index contributed by atoms with van der Waals surface area (Å²) in [5.41, 5.74) is 7.86. The lowest BCUT2D eigenvalue weighted by molar-refractivity contribution is 0.414. The molecule has 0 saturated carbocycles. The van der Waals surface area contributed by atoms with Crippen LogP contribution in [-0.4, -0.2) is 55.8 Å². The lowest BCUT2D eigenvalue weighted by Crippen LogP contribution is -2.32. The van der Waals surface area contributed by atoms with E-state index in [1.54, 1.807) is 14.2 Å². The lowest BCUT2D eigenvalue weighted by Gasteiger charge is -2.32. The standard InChI is InChI=1S/2C21H22N2O.2ClH.H2O/c2*1-24-18-10-8-16(9-11-18)12-14-23-13-4-7-20-21(23)19-6-3-2-5-17(19)15-22-20;;;/h2*2-3,5-6,8-11,15H,4,7,12-14H2,1H3;2*1H;1H2. The summed E-state index contributed by atoms with van der Waals surface area (Å²) in [6.45, 7) is 4.27. The van der Waals surface area contributed by atoms with Gasteiger partial charge in [-0.2, -0.15) is 0 Å². The van der Waals surface area contributed by atoms with Gasteiger partial charge in [-0.3, -0.25) is 9.97 Å². The zero-order chi connectivity index (χ0) is 32.7. The van der Waals surface area contributed by atoms with Gasteiger partial charge in [-0.1, -0.05) is 72.8 Å². The molecule has 0 aliphatic carbocycles. The number of nitrogens with zero attached hydrogens (tertiary/aromatic N) is 4. The van der Waals surface area contributed by atoms with Crippen LogP contribution in [0.25, 0.3) is 21.5 Å². The van der Waals surface area contributed by atoms with Crippen molar-refractivity contribution >= 4 is 57.7 Å². The van der Waals surface area contributed by atoms with E-state index in [4.69, 9.17) is 19.4 Å². The second kappa shape index (κ2) is 18.6. The van der Waals surface area contributed by atoms with Crippen LogP contribution in [0.15, 0.2) is 109 Å². The molecule has 2 aliphatic heterocycles. The first kappa shape index (κ1) is 39.2. The minimum absolute atomic E-state index is 0. The van der Waals surface area contributed by atoms with Crippen LogP contribution >= 0.6 is 24.8 Å². The van der Waals surface area contributed by atoms with E-state index in [2.05, 4.69) is 82.6 Å². The van der Waals surface area contributed by atoms with Gasteiger partial charge in [0, 0.05) is 60.1 Å². The van der Waals surface area contributed by atoms with Gasteiger partial charge < -0.3 is 24.7 Å². The largest absolute Gasteiger partial charge is 0.497 e. The number of aryl methyl sites for hydroxylation is 2. The molecule has 4 aromatic carbocycles. The highest BCUT2D eigenvalue weighted by Crippen LogP contribution is 2.34. The van der Waals surface area contributed by atoms with Gasteiger partial charge in [-0.05, 0) is 73.9 Å². The number of anilines is 2. The number of rotatable bonds is 8. The van der Waals surface area contributed by atoms with Crippen LogP contribution < -0.4 is 19.3 Å². The molecule has 0 spiro atoms. The van der Waals surface area contributed by atoms with E-state index < -0.39 is 0 Å². The molecule has 0 fully saturated rings. The summed E-state index contributed by atoms with van der Waals surface area (Å²) in [6, 6.07) is 34.0. The second-order valence-corrected chi connectivity index (χ2v) is 12.7. The third kappa shape index (κ3) is 9.03. The fraction of sp³-hybridized carbons (Fsp3) is 0.286. The van der Waals surface area contributed by atoms with Gasteiger partial charge in [0.15, 0.2) is 0 Å². The van der Waals surface area contributed by atoms with Crippen LogP contribution in [0.4, 0.5) is 11.4 Å². The van der Waals surface area contributed by atoms with Crippen LogP contribution in [0.3, 0.4) is 0 Å². The average Bonchev–Trinajstić information content (AvgIpc) is 3.16. The average molecular weight is 728 g/mol. The normalized spacial score (nSPS) is 13.0. The summed E-state index contributed by atoms with van der Waals surface area (Å²) in [6.07, 6.45) is 10.6. The number of hydrogen-bond acceptors (Lipinski definition) is 6. The first-order chi connectivity index (χ1) is 23.7. The predicted molar refractivity (Wildman–Crippen MR) is 216 cm³/mol. The van der Waals surface area contributed by atoms with Gasteiger partial charge in [0.1, 0.15) is 11.5 Å². The van der Waals surface area contributed by atoms with Crippen LogP contribution in [0.5, 0.6) is 11.5 Å². The fourth-order valence-electron chi connectivity index (χ4n) is 7.11. The fourth-order valence-corrected chi connectivity index (χ4v) is 7.11. The molecule has 0 atom stereocenters. The first-order valence-corrected chi connectivity index (χ1v) is 17.2. The van der Waals surface area contributed by atoms with Crippen molar-refractivity contribution < 1.29 is 14.9 Å². The number of methoxy groups -OCH3 is 2. The molecular formula is C42H48Cl2N4O3. The van der Waals surface area contributed by atoms with Crippen molar-refractivity contribution in [2.75, 3.05) is 50.2 Å². The molecule has 9 heteroatoms. The minimum Gasteiger partial charge on any atom is -0.497 e. The molecule has 0 saturated heterocycles. The maximum atomic E-state index is 5.24. The van der Waals surface area contributed by atoms with E-state index in [0.717, 1.165) is 63.4 Å². The van der Waals surface area contributed by atoms with Gasteiger partial charge in [0.05, 0.1) is 37.0 Å². The van der Waals surface area contributed by atoms with Gasteiger partial charge in [-0.15, -0.1) is 24.8 Å². The van der Waals surface area contributed by atoms with Crippen LogP contribution in [0.1, 0.15) is 35.4 Å². The Hall–Kier alpha value is -4.56. The zero-order valence-electron chi connectivity index (χ0n) is 29.4. The summed E-state index contributed by atoms with van der Waals surface area (Å²) in [5, 5.41) is 5.12. The van der Waals surface area contributed by atoms with E-state index in [9.17, 15) is 0 Å². The van der Waals surface area contributed by atoms with Crippen LogP contribution in [-0.2, 0) is 25.7 Å². The van der Waals surface area contributed by atoms with E-state index in [-0.39, 0.29) is 30.3 Å². The molecule has 2 N–H and O–H groups in total. The first-order valence-electron chi connectivity index (χ1n) is 17.2. The van der Waals surface area contributed by atoms with Crippen molar-refractivity contribution in [1.29, 1.82) is 0 Å². The van der Waals surface area contributed by atoms with E-state index in [0.29, 0.717) is 0 Å². The second-order valence-electron chi connectivity index (χ2n) is 12.7. The minimum atomic E-state index is 0. The number of aromatic nitrogens is 2. The molecule has 0 unspecified atom stereocenters. The number of benzene rings is 4. The Morgan fingerprint density at radius 3 is 1.33 bits per heavy atom. The Morgan fingerprint density at radius 1 is 0.549 bits per heavy atom. The van der Waals surface area contributed by atoms with E-state index >= 15 is 0 Å². The Labute approximate surface area is 313 Å². The highest BCUT2D eigenvalue weighted by molar-refractivity contribution is 5.96. The summed E-state index contributed by atoms with van der Waals surface area (Å²) >= 11 is 0. The number of pyridine rings is 2. The van der Waals surface area contributed by atoms with Crippen molar-refractivity contribution in [2.24, 2.45) is 0 Å². The summed E-state index contributed by atoms with van der Waals surface area (Å²) < 4.78 is 10.5. The quantitative estimate of drug-likeness (QED) is 0.157. The highest BCUT2D eigenvalue weighted by atomic mass is 35.5. The molecule has 4 heterocycles. The highest BCUT2D eigenvalue weighted by Gasteiger charge is 2.21. The zero-order valence-corrected chi connectivity index (χ0v) is 31.0. The predicted octanol–water partition coefficient (Wildman–Crippen LogP) is 8.50. The topological polar surface area (TPSA) is 82.2 Å². The maximum Gasteiger partial charge on any atom is 0.118 e. The molecule has 0 amide bonds. The molecule has 2 aliphatic rings. The summed E-state index contributed by atoms with van der Waals surface area (Å²) in [4.78, 5) is 14.5. The molecule has 2 aromatic heterocycles. The number of halogens is 2. The van der Waals surface area contributed by atoms with Crippen LogP contribution in [0, 0.1) is 0 Å². The molecule has 0 bridgehead atoms. The van der Waals surface area contributed by atoms with Crippen molar-refractivity contribution in [3.05, 3.63) is 132 Å². The van der Waals surface area contributed by atoms with Crippen molar-refractivity contribution in [1.82, 2.24) is 9.97 Å². The summed E-state index contributed by atoms with van der Waals surface area (Å²) in [7, 11) is 3.41. The monoisotopic (exact) mass is 726 g/mol. The Kier molecular flexibility index (Phi) is 14.3. The Morgan fingerprint density at radius 2 is 0.941 bits per heavy atom. The van der Waals surface area contributed by atoms with Crippen molar-refractivity contribution in [3.8, 4) is 11.5 Å². The van der Waals surface area contributed by atoms with Gasteiger partial charge in [0.2, 0.25) is 0 Å². The molecule has 7 nitrogen and oxygen atoms in total. The molecule has 0 radical (unpaired) electrons. The molecular weight excluding hydrogens is 679 g/mol. The molecule has 268 valence electrons. The van der Waals surface area contributed by atoms with Gasteiger partial charge >= 0.3 is 0 Å². The van der Waals surface area contributed by atoms with Crippen molar-refractivity contribution in [2.45, 2.75) is 38.5 Å². The third-order valence-corrected chi connectivity index (χ3v) is 9.67. The maximum absolute atomic E-state index is 5.24. The smallest absolute Gasteiger partial charge is 0.118 e. The lowest BCUT2D eigenvalue weighted by atomic mass is 10.0. The van der Waals surface area contributed by atoms with Crippen molar-refractivity contribution in [3.63, 3.8) is 0 Å². The van der Waals surface area contributed by atoms with E-state index in [1.165, 1.54) is 68.3 Å². The third-order valence-electron chi connectivity index (χ3n) is 9.67. The van der Waals surface area contributed by atoms with Gasteiger partial charge in [-0.25, -0.2) is 0 Å². The Balaban J connectivity index is 0.000000216. The van der Waals surface area contributed by atoms with Crippen LogP contribution in [0.2, 0.25) is 0 Å². The molecule has 8 rings (SSSR count). The number of hydrogen-bond donors (Lipinski definition) is 0.